The van der Waals surface area contributed by atoms with Crippen molar-refractivity contribution in [2.75, 3.05) is 19.6 Å². The molecule has 1 aliphatic heterocycles. The molecule has 3 heteroatoms. The topological polar surface area (TPSA) is 15.3 Å². The summed E-state index contributed by atoms with van der Waals surface area (Å²) in [6, 6.07) is 0.559. The minimum absolute atomic E-state index is 0.559. The molecule has 1 N–H and O–H groups in total. The maximum atomic E-state index is 13.2. The van der Waals surface area contributed by atoms with Gasteiger partial charge in [-0.05, 0) is 32.2 Å². The van der Waals surface area contributed by atoms with Crippen molar-refractivity contribution < 1.29 is 4.48 Å². The molecule has 0 bridgehead atoms. The third kappa shape index (κ3) is 4.91. The van der Waals surface area contributed by atoms with Crippen molar-refractivity contribution in [3.05, 3.63) is 0 Å². The molecule has 0 aromatic carbocycles. The Morgan fingerprint density at radius 3 is 2.86 bits per heavy atom. The largest absolute Gasteiger partial charge is 0.314 e. The van der Waals surface area contributed by atoms with Gasteiger partial charge < -0.3 is 5.32 Å². The predicted molar refractivity (Wildman–Crippen MR) is 57.8 cm³/mol. The maximum absolute atomic E-state index is 13.2. The molecule has 1 rings (SSSR count). The molecule has 1 unspecified atom stereocenters. The monoisotopic (exact) mass is 202 g/mol. The standard InChI is InChI=1S/C11H23FN2/c1-2-3-9-14(12)10-7-11-6-4-5-8-13-11/h11,13H,2-10H2,1H3. The average molecular weight is 202 g/mol. The second kappa shape index (κ2) is 7.18. The van der Waals surface area contributed by atoms with Crippen LogP contribution < -0.4 is 5.32 Å². The number of rotatable bonds is 6. The summed E-state index contributed by atoms with van der Waals surface area (Å²) in [6.45, 7) is 4.41. The molecular weight excluding hydrogens is 179 g/mol. The van der Waals surface area contributed by atoms with Gasteiger partial charge in [0.15, 0.2) is 0 Å². The highest BCUT2D eigenvalue weighted by molar-refractivity contribution is 4.72. The Morgan fingerprint density at radius 1 is 1.36 bits per heavy atom. The van der Waals surface area contributed by atoms with Crippen molar-refractivity contribution in [2.24, 2.45) is 0 Å². The molecule has 0 aromatic rings. The highest BCUT2D eigenvalue weighted by Crippen LogP contribution is 2.10. The van der Waals surface area contributed by atoms with Crippen LogP contribution >= 0.6 is 0 Å². The van der Waals surface area contributed by atoms with Crippen LogP contribution in [0.4, 0.5) is 4.48 Å². The van der Waals surface area contributed by atoms with E-state index >= 15 is 0 Å². The Hall–Kier alpha value is -0.150. The van der Waals surface area contributed by atoms with E-state index in [4.69, 9.17) is 0 Å². The second-order valence-electron chi connectivity index (χ2n) is 4.20. The first-order valence-electron chi connectivity index (χ1n) is 5.97. The quantitative estimate of drug-likeness (QED) is 0.666. The van der Waals surface area contributed by atoms with E-state index in [9.17, 15) is 4.48 Å². The van der Waals surface area contributed by atoms with Crippen molar-refractivity contribution in [3.63, 3.8) is 0 Å². The Kier molecular flexibility index (Phi) is 6.12. The molecule has 0 amide bonds. The number of nitrogens with one attached hydrogen (secondary N) is 1. The normalized spacial score (nSPS) is 22.9. The molecule has 1 fully saturated rings. The van der Waals surface area contributed by atoms with Gasteiger partial charge in [0.05, 0.1) is 0 Å². The summed E-state index contributed by atoms with van der Waals surface area (Å²) in [5.41, 5.74) is 0. The third-order valence-electron chi connectivity index (χ3n) is 2.89. The van der Waals surface area contributed by atoms with Gasteiger partial charge in [-0.15, -0.1) is 9.60 Å². The molecule has 2 nitrogen and oxygen atoms in total. The zero-order valence-electron chi connectivity index (χ0n) is 9.27. The van der Waals surface area contributed by atoms with Gasteiger partial charge in [0, 0.05) is 19.1 Å². The second-order valence-corrected chi connectivity index (χ2v) is 4.20. The number of piperidine rings is 1. The Balaban J connectivity index is 2.00. The molecule has 0 aromatic heterocycles. The summed E-state index contributed by atoms with van der Waals surface area (Å²) < 4.78 is 13.2. The maximum Gasteiger partial charge on any atom is 0.0305 e. The average Bonchev–Trinajstić information content (AvgIpc) is 2.25. The van der Waals surface area contributed by atoms with Crippen molar-refractivity contribution >= 4 is 0 Å². The van der Waals surface area contributed by atoms with Crippen LogP contribution in [0.2, 0.25) is 0 Å². The molecule has 0 radical (unpaired) electrons. The highest BCUT2D eigenvalue weighted by atomic mass is 19.2. The number of hydrogen-bond donors (Lipinski definition) is 1. The fourth-order valence-electron chi connectivity index (χ4n) is 1.91. The predicted octanol–water partition coefficient (Wildman–Crippen LogP) is 2.51. The number of hydrogen-bond acceptors (Lipinski definition) is 2. The zero-order valence-corrected chi connectivity index (χ0v) is 9.27. The van der Waals surface area contributed by atoms with E-state index in [1.54, 1.807) is 0 Å². The SMILES string of the molecule is CCCCN(F)CCC1CCCCN1. The van der Waals surface area contributed by atoms with Crippen LogP contribution in [0.25, 0.3) is 0 Å². The molecule has 0 aliphatic carbocycles. The van der Waals surface area contributed by atoms with Crippen molar-refractivity contribution in [1.29, 1.82) is 0 Å². The summed E-state index contributed by atoms with van der Waals surface area (Å²) in [4.78, 5) is 0. The van der Waals surface area contributed by atoms with E-state index in [0.717, 1.165) is 30.9 Å². The minimum atomic E-state index is 0.559. The lowest BCUT2D eigenvalue weighted by Gasteiger charge is -2.24. The highest BCUT2D eigenvalue weighted by Gasteiger charge is 2.13. The van der Waals surface area contributed by atoms with Crippen molar-refractivity contribution in [1.82, 2.24) is 10.4 Å². The van der Waals surface area contributed by atoms with Gasteiger partial charge in [-0.25, -0.2) is 0 Å². The van der Waals surface area contributed by atoms with Crippen LogP contribution in [0.15, 0.2) is 0 Å². The first kappa shape index (κ1) is 11.9. The Bertz CT molecular complexity index is 135. The molecule has 1 aliphatic rings. The fourth-order valence-corrected chi connectivity index (χ4v) is 1.91. The van der Waals surface area contributed by atoms with Gasteiger partial charge in [-0.3, -0.25) is 0 Å². The van der Waals surface area contributed by atoms with Crippen molar-refractivity contribution in [3.8, 4) is 0 Å². The van der Waals surface area contributed by atoms with Gasteiger partial charge in [0.1, 0.15) is 0 Å². The summed E-state index contributed by atoms with van der Waals surface area (Å²) in [5.74, 6) is 0. The molecule has 1 atom stereocenters. The number of unbranched alkanes of at least 4 members (excludes halogenated alkanes) is 1. The smallest absolute Gasteiger partial charge is 0.0305 e. The summed E-state index contributed by atoms with van der Waals surface area (Å²) in [6.07, 6.45) is 6.81. The summed E-state index contributed by atoms with van der Waals surface area (Å²) in [7, 11) is 0. The van der Waals surface area contributed by atoms with E-state index in [1.165, 1.54) is 19.3 Å². The van der Waals surface area contributed by atoms with Gasteiger partial charge in [-0.2, -0.15) is 0 Å². The molecule has 1 heterocycles. The van der Waals surface area contributed by atoms with Crippen molar-refractivity contribution in [2.45, 2.75) is 51.5 Å². The van der Waals surface area contributed by atoms with Gasteiger partial charge in [0.25, 0.3) is 0 Å². The van der Waals surface area contributed by atoms with Crippen LogP contribution in [0.5, 0.6) is 0 Å². The lowest BCUT2D eigenvalue weighted by molar-refractivity contribution is 0.0191. The Morgan fingerprint density at radius 2 is 2.21 bits per heavy atom. The molecule has 14 heavy (non-hydrogen) atoms. The van der Waals surface area contributed by atoms with E-state index in [2.05, 4.69) is 12.2 Å². The van der Waals surface area contributed by atoms with Crippen LogP contribution in [0, 0.1) is 0 Å². The minimum Gasteiger partial charge on any atom is -0.314 e. The van der Waals surface area contributed by atoms with Gasteiger partial charge >= 0.3 is 0 Å². The van der Waals surface area contributed by atoms with Crippen LogP contribution in [-0.2, 0) is 0 Å². The molecular formula is C11H23FN2. The third-order valence-corrected chi connectivity index (χ3v) is 2.89. The van der Waals surface area contributed by atoms with Gasteiger partial charge in [0.2, 0.25) is 0 Å². The van der Waals surface area contributed by atoms with Crippen LogP contribution in [-0.4, -0.2) is 30.8 Å². The van der Waals surface area contributed by atoms with E-state index in [-0.39, 0.29) is 0 Å². The van der Waals surface area contributed by atoms with E-state index < -0.39 is 0 Å². The fraction of sp³-hybridized carbons (Fsp3) is 1.00. The van der Waals surface area contributed by atoms with Crippen LogP contribution in [0.3, 0.4) is 0 Å². The first-order valence-corrected chi connectivity index (χ1v) is 5.97. The van der Waals surface area contributed by atoms with E-state index in [1.807, 2.05) is 0 Å². The first-order chi connectivity index (χ1) is 6.83. The van der Waals surface area contributed by atoms with Gasteiger partial charge in [-0.1, -0.05) is 19.8 Å². The number of nitrogens with zero attached hydrogens (tertiary/aromatic N) is 1. The van der Waals surface area contributed by atoms with E-state index in [0.29, 0.717) is 19.1 Å². The molecule has 0 saturated carbocycles. The number of halogens is 1. The Labute approximate surface area is 86.8 Å². The zero-order chi connectivity index (χ0) is 10.2. The summed E-state index contributed by atoms with van der Waals surface area (Å²) >= 11 is 0. The lowest BCUT2D eigenvalue weighted by atomic mass is 10.0. The molecule has 84 valence electrons. The molecule has 0 spiro atoms. The lowest BCUT2D eigenvalue weighted by Crippen LogP contribution is -2.36. The van der Waals surface area contributed by atoms with Crippen LogP contribution in [0.1, 0.15) is 45.4 Å². The summed E-state index contributed by atoms with van der Waals surface area (Å²) in [5, 5.41) is 4.41. The molecule has 1 saturated heterocycles.